The molecule has 0 unspecified atom stereocenters. The average molecular weight is 298 g/mol. The van der Waals surface area contributed by atoms with Crippen LogP contribution in [0, 0.1) is 5.82 Å². The Hall–Kier alpha value is -2.36. The highest BCUT2D eigenvalue weighted by molar-refractivity contribution is 5.91. The highest BCUT2D eigenvalue weighted by atomic mass is 19.1. The van der Waals surface area contributed by atoms with Crippen molar-refractivity contribution in [1.82, 2.24) is 0 Å². The van der Waals surface area contributed by atoms with Crippen LogP contribution >= 0.6 is 0 Å². The molecule has 22 heavy (non-hydrogen) atoms. The van der Waals surface area contributed by atoms with Crippen molar-refractivity contribution < 1.29 is 9.18 Å². The lowest BCUT2D eigenvalue weighted by Gasteiger charge is -2.31. The lowest BCUT2D eigenvalue weighted by atomic mass is 10.0. The Kier molecular flexibility index (Phi) is 4.37. The van der Waals surface area contributed by atoms with Gasteiger partial charge in [0.1, 0.15) is 5.82 Å². The second-order valence-electron chi connectivity index (χ2n) is 5.52. The van der Waals surface area contributed by atoms with Crippen molar-refractivity contribution >= 4 is 17.3 Å². The van der Waals surface area contributed by atoms with E-state index in [9.17, 15) is 9.18 Å². The van der Waals surface area contributed by atoms with Crippen molar-refractivity contribution in [2.24, 2.45) is 0 Å². The second kappa shape index (κ2) is 6.60. The van der Waals surface area contributed by atoms with Crippen molar-refractivity contribution in [2.45, 2.75) is 19.3 Å². The molecule has 0 aliphatic carbocycles. The van der Waals surface area contributed by atoms with Gasteiger partial charge in [-0.1, -0.05) is 18.2 Å². The third-order valence-electron chi connectivity index (χ3n) is 3.94. The summed E-state index contributed by atoms with van der Waals surface area (Å²) >= 11 is 0. The number of para-hydroxylation sites is 1. The molecular weight excluding hydrogens is 279 g/mol. The highest BCUT2D eigenvalue weighted by Crippen LogP contribution is 2.26. The molecule has 0 spiro atoms. The van der Waals surface area contributed by atoms with Crippen LogP contribution in [0.2, 0.25) is 0 Å². The van der Waals surface area contributed by atoms with Gasteiger partial charge in [0.15, 0.2) is 0 Å². The number of aryl methyl sites for hydroxylation is 1. The number of nitrogens with zero attached hydrogens (tertiary/aromatic N) is 1. The maximum absolute atomic E-state index is 12.8. The number of fused-ring (bicyclic) bond motifs is 1. The fourth-order valence-electron chi connectivity index (χ4n) is 2.84. The molecule has 3 rings (SSSR count). The molecule has 2 aromatic carbocycles. The summed E-state index contributed by atoms with van der Waals surface area (Å²) in [6.07, 6.45) is 2.65. The summed E-state index contributed by atoms with van der Waals surface area (Å²) in [5.41, 5.74) is 3.22. The number of carbonyl (C=O) groups excluding carboxylic acids is 1. The molecule has 1 aliphatic rings. The van der Waals surface area contributed by atoms with Crippen LogP contribution in [-0.2, 0) is 11.2 Å². The standard InChI is InChI=1S/C18H19FN2O/c19-15-7-9-16(10-8-15)20-18(22)11-13-21-12-3-5-14-4-1-2-6-17(14)21/h1-2,4,6-10H,3,5,11-13H2,(H,20,22). The predicted molar refractivity (Wildman–Crippen MR) is 86.6 cm³/mol. The lowest BCUT2D eigenvalue weighted by molar-refractivity contribution is -0.116. The zero-order valence-corrected chi connectivity index (χ0v) is 12.4. The summed E-state index contributed by atoms with van der Waals surface area (Å²) in [5, 5.41) is 2.80. The highest BCUT2D eigenvalue weighted by Gasteiger charge is 2.16. The van der Waals surface area contributed by atoms with Gasteiger partial charge in [-0.05, 0) is 48.7 Å². The number of benzene rings is 2. The Labute approximate surface area is 129 Å². The van der Waals surface area contributed by atoms with E-state index in [1.807, 2.05) is 6.07 Å². The Bertz CT molecular complexity index is 654. The maximum Gasteiger partial charge on any atom is 0.226 e. The maximum atomic E-state index is 12.8. The number of amides is 1. The number of hydrogen-bond acceptors (Lipinski definition) is 2. The zero-order chi connectivity index (χ0) is 15.4. The predicted octanol–water partition coefficient (Wildman–Crippen LogP) is 3.61. The molecule has 1 aliphatic heterocycles. The van der Waals surface area contributed by atoms with Gasteiger partial charge in [-0.25, -0.2) is 4.39 Å². The fourth-order valence-corrected chi connectivity index (χ4v) is 2.84. The number of carbonyl (C=O) groups is 1. The van der Waals surface area contributed by atoms with Crippen LogP contribution in [0.5, 0.6) is 0 Å². The van der Waals surface area contributed by atoms with Crippen LogP contribution in [0.4, 0.5) is 15.8 Å². The van der Waals surface area contributed by atoms with E-state index < -0.39 is 0 Å². The van der Waals surface area contributed by atoms with Crippen molar-refractivity contribution in [3.63, 3.8) is 0 Å². The molecule has 0 aromatic heterocycles. The van der Waals surface area contributed by atoms with E-state index in [1.54, 1.807) is 12.1 Å². The van der Waals surface area contributed by atoms with E-state index in [0.717, 1.165) is 19.4 Å². The topological polar surface area (TPSA) is 32.3 Å². The van der Waals surface area contributed by atoms with Gasteiger partial charge in [-0.2, -0.15) is 0 Å². The minimum Gasteiger partial charge on any atom is -0.371 e. The summed E-state index contributed by atoms with van der Waals surface area (Å²) in [5.74, 6) is -0.349. The molecule has 2 aromatic rings. The smallest absolute Gasteiger partial charge is 0.226 e. The van der Waals surface area contributed by atoms with Gasteiger partial charge < -0.3 is 10.2 Å². The van der Waals surface area contributed by atoms with E-state index in [1.165, 1.54) is 23.4 Å². The number of nitrogens with one attached hydrogen (secondary N) is 1. The molecule has 1 N–H and O–H groups in total. The van der Waals surface area contributed by atoms with Crippen LogP contribution in [0.25, 0.3) is 0 Å². The molecule has 4 heteroatoms. The van der Waals surface area contributed by atoms with E-state index in [0.29, 0.717) is 18.7 Å². The van der Waals surface area contributed by atoms with Crippen LogP contribution in [-0.4, -0.2) is 19.0 Å². The summed E-state index contributed by atoms with van der Waals surface area (Å²) < 4.78 is 12.8. The molecule has 0 bridgehead atoms. The SMILES string of the molecule is O=C(CCN1CCCc2ccccc21)Nc1ccc(F)cc1. The van der Waals surface area contributed by atoms with Gasteiger partial charge in [0.25, 0.3) is 0 Å². The van der Waals surface area contributed by atoms with E-state index in [2.05, 4.69) is 28.4 Å². The van der Waals surface area contributed by atoms with Crippen LogP contribution in [0.1, 0.15) is 18.4 Å². The summed E-state index contributed by atoms with van der Waals surface area (Å²) in [4.78, 5) is 14.3. The lowest BCUT2D eigenvalue weighted by Crippen LogP contribution is -2.32. The fraction of sp³-hybridized carbons (Fsp3) is 0.278. The quantitative estimate of drug-likeness (QED) is 0.935. The minimum absolute atomic E-state index is 0.0466. The van der Waals surface area contributed by atoms with E-state index in [4.69, 9.17) is 0 Å². The van der Waals surface area contributed by atoms with Gasteiger partial charge in [0.2, 0.25) is 5.91 Å². The number of rotatable bonds is 4. The van der Waals surface area contributed by atoms with Crippen molar-refractivity contribution in [2.75, 3.05) is 23.3 Å². The first kappa shape index (κ1) is 14.6. The third-order valence-corrected chi connectivity index (χ3v) is 3.94. The molecule has 0 atom stereocenters. The van der Waals surface area contributed by atoms with Crippen molar-refractivity contribution in [1.29, 1.82) is 0 Å². The van der Waals surface area contributed by atoms with E-state index in [-0.39, 0.29) is 11.7 Å². The molecule has 1 heterocycles. The first-order chi connectivity index (χ1) is 10.7. The Morgan fingerprint density at radius 2 is 1.91 bits per heavy atom. The Balaban J connectivity index is 1.56. The number of hydrogen-bond donors (Lipinski definition) is 1. The van der Waals surface area contributed by atoms with Gasteiger partial charge in [-0.15, -0.1) is 0 Å². The molecule has 1 amide bonds. The molecule has 0 radical (unpaired) electrons. The van der Waals surface area contributed by atoms with Gasteiger partial charge in [-0.3, -0.25) is 4.79 Å². The number of halogens is 1. The van der Waals surface area contributed by atoms with E-state index >= 15 is 0 Å². The third kappa shape index (κ3) is 3.45. The van der Waals surface area contributed by atoms with Gasteiger partial charge >= 0.3 is 0 Å². The zero-order valence-electron chi connectivity index (χ0n) is 12.4. The van der Waals surface area contributed by atoms with Crippen LogP contribution < -0.4 is 10.2 Å². The second-order valence-corrected chi connectivity index (χ2v) is 5.52. The first-order valence-corrected chi connectivity index (χ1v) is 7.60. The normalized spacial score (nSPS) is 13.6. The Morgan fingerprint density at radius 1 is 1.14 bits per heavy atom. The molecule has 3 nitrogen and oxygen atoms in total. The van der Waals surface area contributed by atoms with Crippen molar-refractivity contribution in [3.8, 4) is 0 Å². The summed E-state index contributed by atoms with van der Waals surface area (Å²) in [7, 11) is 0. The summed E-state index contributed by atoms with van der Waals surface area (Å²) in [6.45, 7) is 1.69. The number of anilines is 2. The Morgan fingerprint density at radius 3 is 2.73 bits per heavy atom. The molecule has 0 saturated carbocycles. The van der Waals surface area contributed by atoms with Crippen molar-refractivity contribution in [3.05, 3.63) is 59.9 Å². The average Bonchev–Trinajstić information content (AvgIpc) is 2.55. The van der Waals surface area contributed by atoms with Gasteiger partial charge in [0, 0.05) is 30.9 Å². The molecule has 114 valence electrons. The molecule has 0 fully saturated rings. The monoisotopic (exact) mass is 298 g/mol. The molecular formula is C18H19FN2O. The van der Waals surface area contributed by atoms with Gasteiger partial charge in [0.05, 0.1) is 0 Å². The minimum atomic E-state index is -0.303. The van der Waals surface area contributed by atoms with Crippen LogP contribution in [0.15, 0.2) is 48.5 Å². The largest absolute Gasteiger partial charge is 0.371 e. The van der Waals surface area contributed by atoms with Crippen LogP contribution in [0.3, 0.4) is 0 Å². The molecule has 0 saturated heterocycles. The first-order valence-electron chi connectivity index (χ1n) is 7.60. The summed E-state index contributed by atoms with van der Waals surface area (Å²) in [6, 6.07) is 14.2.